The highest BCUT2D eigenvalue weighted by Crippen LogP contribution is 2.07. The van der Waals surface area contributed by atoms with Crippen molar-refractivity contribution in [3.8, 4) is 0 Å². The second-order valence-corrected chi connectivity index (χ2v) is 4.47. The summed E-state index contributed by atoms with van der Waals surface area (Å²) in [6.07, 6.45) is 4.60. The van der Waals surface area contributed by atoms with Crippen molar-refractivity contribution in [3.63, 3.8) is 0 Å². The Morgan fingerprint density at radius 1 is 1.56 bits per heavy atom. The first-order valence-electron chi connectivity index (χ1n) is 5.99. The van der Waals surface area contributed by atoms with Crippen molar-refractivity contribution in [2.24, 2.45) is 0 Å². The van der Waals surface area contributed by atoms with Gasteiger partial charge in [0.15, 0.2) is 0 Å². The van der Waals surface area contributed by atoms with Gasteiger partial charge in [0.1, 0.15) is 5.56 Å². The number of hydrogen-bond acceptors (Lipinski definition) is 3. The number of H-pyrrole nitrogens is 1. The normalized spacial score (nSPS) is 16.2. The Morgan fingerprint density at radius 2 is 2.39 bits per heavy atom. The van der Waals surface area contributed by atoms with Crippen molar-refractivity contribution in [1.29, 1.82) is 0 Å². The molecule has 2 rings (SSSR count). The highest BCUT2D eigenvalue weighted by atomic mass is 16.2. The standard InChI is InChI=1S/C13H17N3O2/c1-16-7-4-10(5-8-16)9-15-13(18)11-3-2-6-14-12(11)17/h2-4,6H,5,7-9H2,1H3,(H,14,17)(H,15,18). The average molecular weight is 247 g/mol. The van der Waals surface area contributed by atoms with Crippen molar-refractivity contribution in [3.05, 3.63) is 45.9 Å². The van der Waals surface area contributed by atoms with Gasteiger partial charge in [0.2, 0.25) is 0 Å². The number of amides is 1. The Morgan fingerprint density at radius 3 is 3.06 bits per heavy atom. The van der Waals surface area contributed by atoms with E-state index in [-0.39, 0.29) is 17.0 Å². The molecule has 0 aliphatic carbocycles. The molecule has 5 nitrogen and oxygen atoms in total. The first kappa shape index (κ1) is 12.6. The number of nitrogens with one attached hydrogen (secondary N) is 2. The SMILES string of the molecule is CN1CC=C(CNC(=O)c2ccc[nH]c2=O)CC1. The van der Waals surface area contributed by atoms with Crippen LogP contribution in [-0.2, 0) is 0 Å². The lowest BCUT2D eigenvalue weighted by atomic mass is 10.1. The number of rotatable bonds is 3. The Balaban J connectivity index is 1.93. The molecule has 96 valence electrons. The molecule has 0 saturated heterocycles. The summed E-state index contributed by atoms with van der Waals surface area (Å²) in [7, 11) is 2.06. The molecule has 0 atom stereocenters. The second-order valence-electron chi connectivity index (χ2n) is 4.47. The van der Waals surface area contributed by atoms with E-state index < -0.39 is 0 Å². The van der Waals surface area contributed by atoms with E-state index in [2.05, 4.69) is 28.3 Å². The van der Waals surface area contributed by atoms with E-state index >= 15 is 0 Å². The highest BCUT2D eigenvalue weighted by Gasteiger charge is 2.11. The van der Waals surface area contributed by atoms with Crippen LogP contribution in [0, 0.1) is 0 Å². The number of aromatic nitrogens is 1. The molecule has 0 spiro atoms. The lowest BCUT2D eigenvalue weighted by Gasteiger charge is -2.21. The summed E-state index contributed by atoms with van der Waals surface area (Å²) >= 11 is 0. The molecule has 0 bridgehead atoms. The molecule has 1 aliphatic rings. The van der Waals surface area contributed by atoms with E-state index in [1.54, 1.807) is 6.07 Å². The lowest BCUT2D eigenvalue weighted by molar-refractivity contribution is 0.0955. The zero-order valence-electron chi connectivity index (χ0n) is 10.4. The van der Waals surface area contributed by atoms with E-state index in [1.807, 2.05) is 0 Å². The van der Waals surface area contributed by atoms with Crippen LogP contribution >= 0.6 is 0 Å². The largest absolute Gasteiger partial charge is 0.348 e. The molecule has 1 aliphatic heterocycles. The van der Waals surface area contributed by atoms with Gasteiger partial charge in [0.05, 0.1) is 0 Å². The summed E-state index contributed by atoms with van der Waals surface area (Å²) in [5.41, 5.74) is 1.02. The number of carbonyl (C=O) groups is 1. The van der Waals surface area contributed by atoms with E-state index in [0.29, 0.717) is 6.54 Å². The molecule has 0 unspecified atom stereocenters. The Kier molecular flexibility index (Phi) is 3.94. The minimum Gasteiger partial charge on any atom is -0.348 e. The first-order valence-corrected chi connectivity index (χ1v) is 5.99. The molecule has 2 N–H and O–H groups in total. The third kappa shape index (κ3) is 3.07. The Labute approximate surface area is 106 Å². The maximum absolute atomic E-state index is 11.8. The summed E-state index contributed by atoms with van der Waals surface area (Å²) in [5, 5.41) is 2.78. The van der Waals surface area contributed by atoms with Crippen LogP contribution in [0.15, 0.2) is 34.8 Å². The Hall–Kier alpha value is -1.88. The maximum Gasteiger partial charge on any atom is 0.260 e. The van der Waals surface area contributed by atoms with Gasteiger partial charge in [-0.05, 0) is 25.6 Å². The van der Waals surface area contributed by atoms with Gasteiger partial charge < -0.3 is 15.2 Å². The summed E-state index contributed by atoms with van der Waals surface area (Å²) in [6, 6.07) is 3.17. The van der Waals surface area contributed by atoms with Crippen LogP contribution in [0.25, 0.3) is 0 Å². The third-order valence-electron chi connectivity index (χ3n) is 3.05. The van der Waals surface area contributed by atoms with Crippen molar-refractivity contribution < 1.29 is 4.79 Å². The van der Waals surface area contributed by atoms with Gasteiger partial charge in [-0.3, -0.25) is 9.59 Å². The van der Waals surface area contributed by atoms with E-state index in [9.17, 15) is 9.59 Å². The van der Waals surface area contributed by atoms with Gasteiger partial charge in [-0.2, -0.15) is 0 Å². The van der Waals surface area contributed by atoms with Crippen molar-refractivity contribution in [1.82, 2.24) is 15.2 Å². The summed E-state index contributed by atoms with van der Waals surface area (Å²) in [4.78, 5) is 27.9. The smallest absolute Gasteiger partial charge is 0.260 e. The molecule has 0 radical (unpaired) electrons. The zero-order chi connectivity index (χ0) is 13.0. The van der Waals surface area contributed by atoms with Crippen LogP contribution in [0.2, 0.25) is 0 Å². The average Bonchev–Trinajstić information content (AvgIpc) is 2.38. The van der Waals surface area contributed by atoms with Crippen LogP contribution in [0.4, 0.5) is 0 Å². The van der Waals surface area contributed by atoms with Crippen LogP contribution in [0.3, 0.4) is 0 Å². The monoisotopic (exact) mass is 247 g/mol. The molecule has 1 aromatic heterocycles. The van der Waals surface area contributed by atoms with E-state index in [4.69, 9.17) is 0 Å². The second kappa shape index (κ2) is 5.64. The first-order chi connectivity index (χ1) is 8.66. The van der Waals surface area contributed by atoms with Crippen molar-refractivity contribution >= 4 is 5.91 Å². The van der Waals surface area contributed by atoms with E-state index in [0.717, 1.165) is 19.5 Å². The van der Waals surface area contributed by atoms with Crippen LogP contribution in [0.5, 0.6) is 0 Å². The minimum absolute atomic E-state index is 0.158. The molecule has 0 aromatic carbocycles. The molecule has 1 aromatic rings. The number of likely N-dealkylation sites (N-methyl/N-ethyl adjacent to an activating group) is 1. The summed E-state index contributed by atoms with van der Waals surface area (Å²) in [6.45, 7) is 2.44. The molecule has 0 saturated carbocycles. The fourth-order valence-electron chi connectivity index (χ4n) is 1.86. The van der Waals surface area contributed by atoms with Gasteiger partial charge >= 0.3 is 0 Å². The minimum atomic E-state index is -0.354. The number of carbonyl (C=O) groups excluding carboxylic acids is 1. The lowest BCUT2D eigenvalue weighted by Crippen LogP contribution is -2.33. The van der Waals surface area contributed by atoms with Gasteiger partial charge in [0.25, 0.3) is 11.5 Å². The molecule has 5 heteroatoms. The number of aromatic amines is 1. The van der Waals surface area contributed by atoms with Gasteiger partial charge in [0, 0.05) is 25.8 Å². The predicted octanol–water partition coefficient (Wildman–Crippen LogP) is 0.367. The molecule has 2 heterocycles. The third-order valence-corrected chi connectivity index (χ3v) is 3.05. The van der Waals surface area contributed by atoms with Gasteiger partial charge in [-0.25, -0.2) is 0 Å². The molecule has 18 heavy (non-hydrogen) atoms. The highest BCUT2D eigenvalue weighted by molar-refractivity contribution is 5.93. The Bertz CT molecular complexity index is 519. The van der Waals surface area contributed by atoms with Gasteiger partial charge in [-0.15, -0.1) is 0 Å². The summed E-state index contributed by atoms with van der Waals surface area (Å²) < 4.78 is 0. The van der Waals surface area contributed by atoms with Crippen LogP contribution in [-0.4, -0.2) is 42.5 Å². The molecular formula is C13H17N3O2. The van der Waals surface area contributed by atoms with Crippen LogP contribution in [0.1, 0.15) is 16.8 Å². The molecule has 1 amide bonds. The van der Waals surface area contributed by atoms with Gasteiger partial charge in [-0.1, -0.05) is 11.6 Å². The van der Waals surface area contributed by atoms with E-state index in [1.165, 1.54) is 17.8 Å². The number of pyridine rings is 1. The van der Waals surface area contributed by atoms with Crippen molar-refractivity contribution in [2.45, 2.75) is 6.42 Å². The quantitative estimate of drug-likeness (QED) is 0.758. The fraction of sp³-hybridized carbons (Fsp3) is 0.385. The maximum atomic E-state index is 11.8. The molecular weight excluding hydrogens is 230 g/mol. The summed E-state index contributed by atoms with van der Waals surface area (Å²) in [5.74, 6) is -0.323. The topological polar surface area (TPSA) is 65.2 Å². The predicted molar refractivity (Wildman–Crippen MR) is 69.6 cm³/mol. The number of nitrogens with zero attached hydrogens (tertiary/aromatic N) is 1. The van der Waals surface area contributed by atoms with Crippen LogP contribution < -0.4 is 10.9 Å². The molecule has 0 fully saturated rings. The fourth-order valence-corrected chi connectivity index (χ4v) is 1.86. The number of hydrogen-bond donors (Lipinski definition) is 2. The van der Waals surface area contributed by atoms with Crippen molar-refractivity contribution in [2.75, 3.05) is 26.7 Å². The zero-order valence-corrected chi connectivity index (χ0v) is 10.4.